The Kier molecular flexibility index (Phi) is 5.18. The van der Waals surface area contributed by atoms with Crippen LogP contribution in [0.5, 0.6) is 0 Å². The third-order valence-corrected chi connectivity index (χ3v) is 5.18. The molecule has 5 nitrogen and oxygen atoms in total. The van der Waals surface area contributed by atoms with Crippen molar-refractivity contribution in [2.75, 3.05) is 24.3 Å². The Morgan fingerprint density at radius 1 is 1.00 bits per heavy atom. The van der Waals surface area contributed by atoms with E-state index in [0.717, 1.165) is 11.3 Å². The first-order valence-electron chi connectivity index (χ1n) is 8.85. The van der Waals surface area contributed by atoms with Crippen molar-refractivity contribution in [2.45, 2.75) is 0 Å². The van der Waals surface area contributed by atoms with Crippen LogP contribution in [0.1, 0.15) is 10.4 Å². The molecule has 0 unspecified atom stereocenters. The second kappa shape index (κ2) is 7.78. The highest BCUT2D eigenvalue weighted by atomic mass is 35.5. The molecule has 0 fully saturated rings. The van der Waals surface area contributed by atoms with Gasteiger partial charge >= 0.3 is 0 Å². The number of amides is 1. The van der Waals surface area contributed by atoms with Crippen LogP contribution < -0.4 is 10.2 Å². The van der Waals surface area contributed by atoms with Gasteiger partial charge in [-0.2, -0.15) is 0 Å². The maximum Gasteiger partial charge on any atom is 0.255 e. The maximum absolute atomic E-state index is 12.5. The van der Waals surface area contributed by atoms with Crippen molar-refractivity contribution >= 4 is 51.6 Å². The van der Waals surface area contributed by atoms with Crippen LogP contribution >= 0.6 is 23.2 Å². The molecule has 7 heteroatoms. The highest BCUT2D eigenvalue weighted by molar-refractivity contribution is 6.42. The van der Waals surface area contributed by atoms with Gasteiger partial charge < -0.3 is 14.6 Å². The van der Waals surface area contributed by atoms with Gasteiger partial charge in [-0.25, -0.2) is 4.98 Å². The number of fused-ring (bicyclic) bond motifs is 1. The summed E-state index contributed by atoms with van der Waals surface area (Å²) in [6, 6.07) is 18.0. The van der Waals surface area contributed by atoms with Crippen molar-refractivity contribution < 1.29 is 9.21 Å². The zero-order chi connectivity index (χ0) is 20.5. The van der Waals surface area contributed by atoms with Gasteiger partial charge in [0.05, 0.1) is 10.0 Å². The maximum atomic E-state index is 12.5. The van der Waals surface area contributed by atoms with Crippen molar-refractivity contribution in [3.8, 4) is 11.5 Å². The van der Waals surface area contributed by atoms with Crippen molar-refractivity contribution in [3.05, 3.63) is 76.3 Å². The number of carbonyl (C=O) groups excluding carboxylic acids is 1. The monoisotopic (exact) mass is 425 g/mol. The van der Waals surface area contributed by atoms with E-state index in [4.69, 9.17) is 27.6 Å². The Hall–Kier alpha value is -3.02. The molecule has 0 bridgehead atoms. The van der Waals surface area contributed by atoms with E-state index in [1.165, 1.54) is 6.07 Å². The van der Waals surface area contributed by atoms with E-state index in [-0.39, 0.29) is 5.91 Å². The summed E-state index contributed by atoms with van der Waals surface area (Å²) in [6.45, 7) is 0. The highest BCUT2D eigenvalue weighted by Gasteiger charge is 2.12. The number of hydrogen-bond donors (Lipinski definition) is 1. The minimum Gasteiger partial charge on any atom is -0.436 e. The van der Waals surface area contributed by atoms with E-state index in [9.17, 15) is 4.79 Å². The molecule has 3 aromatic carbocycles. The van der Waals surface area contributed by atoms with Crippen molar-refractivity contribution in [1.29, 1.82) is 0 Å². The third kappa shape index (κ3) is 4.06. The van der Waals surface area contributed by atoms with Crippen molar-refractivity contribution in [1.82, 2.24) is 4.98 Å². The summed E-state index contributed by atoms with van der Waals surface area (Å²) in [4.78, 5) is 19.1. The molecule has 1 amide bonds. The number of rotatable bonds is 4. The Labute approximate surface area is 177 Å². The summed E-state index contributed by atoms with van der Waals surface area (Å²) in [7, 11) is 3.96. The quantitative estimate of drug-likeness (QED) is 0.427. The van der Waals surface area contributed by atoms with E-state index in [1.54, 1.807) is 30.3 Å². The minimum atomic E-state index is -0.287. The second-order valence-corrected chi connectivity index (χ2v) is 7.54. The molecule has 29 heavy (non-hydrogen) atoms. The van der Waals surface area contributed by atoms with Gasteiger partial charge in [-0.1, -0.05) is 29.3 Å². The number of hydrogen-bond acceptors (Lipinski definition) is 4. The van der Waals surface area contributed by atoms with Gasteiger partial charge in [-0.15, -0.1) is 0 Å². The molecule has 1 aromatic heterocycles. The lowest BCUT2D eigenvalue weighted by atomic mass is 10.2. The van der Waals surface area contributed by atoms with E-state index >= 15 is 0 Å². The van der Waals surface area contributed by atoms with Gasteiger partial charge in [0, 0.05) is 36.6 Å². The molecule has 0 atom stereocenters. The van der Waals surface area contributed by atoms with E-state index in [1.807, 2.05) is 43.3 Å². The summed E-state index contributed by atoms with van der Waals surface area (Å²) in [5.41, 5.74) is 4.26. The molecule has 1 N–H and O–H groups in total. The van der Waals surface area contributed by atoms with Gasteiger partial charge in [0.2, 0.25) is 5.89 Å². The van der Waals surface area contributed by atoms with Crippen LogP contribution in [-0.2, 0) is 0 Å². The van der Waals surface area contributed by atoms with Crippen LogP contribution in [0.3, 0.4) is 0 Å². The normalized spacial score (nSPS) is 10.9. The summed E-state index contributed by atoms with van der Waals surface area (Å²) in [6.07, 6.45) is 0. The lowest BCUT2D eigenvalue weighted by Gasteiger charge is -2.12. The van der Waals surface area contributed by atoms with Crippen LogP contribution in [0.2, 0.25) is 10.0 Å². The summed E-state index contributed by atoms with van der Waals surface area (Å²) < 4.78 is 5.89. The summed E-state index contributed by atoms with van der Waals surface area (Å²) in [5.74, 6) is 0.238. The first-order chi connectivity index (χ1) is 13.9. The Balaban J connectivity index is 1.60. The first kappa shape index (κ1) is 19.3. The van der Waals surface area contributed by atoms with Crippen LogP contribution in [0.4, 0.5) is 11.4 Å². The van der Waals surface area contributed by atoms with Gasteiger partial charge in [0.1, 0.15) is 5.52 Å². The van der Waals surface area contributed by atoms with E-state index < -0.39 is 0 Å². The number of oxazole rings is 1. The standard InChI is InChI=1S/C22H17Cl2N3O2/c1-27(2)16-5-3-4-14(10-16)22-26-19-12-15(7-9-20(19)29-22)25-21(28)13-6-8-17(23)18(24)11-13/h3-12H,1-2H3,(H,25,28). The highest BCUT2D eigenvalue weighted by Crippen LogP contribution is 2.29. The van der Waals surface area contributed by atoms with E-state index in [0.29, 0.717) is 38.3 Å². The molecule has 0 saturated heterocycles. The lowest BCUT2D eigenvalue weighted by molar-refractivity contribution is 0.102. The Bertz CT molecular complexity index is 1220. The molecule has 4 rings (SSSR count). The average Bonchev–Trinajstić information content (AvgIpc) is 3.13. The van der Waals surface area contributed by atoms with Gasteiger partial charge in [0.15, 0.2) is 5.58 Å². The fraction of sp³-hybridized carbons (Fsp3) is 0.0909. The van der Waals surface area contributed by atoms with Crippen molar-refractivity contribution in [3.63, 3.8) is 0 Å². The molecule has 146 valence electrons. The second-order valence-electron chi connectivity index (χ2n) is 6.73. The number of anilines is 2. The molecule has 0 aliphatic carbocycles. The topological polar surface area (TPSA) is 58.4 Å². The smallest absolute Gasteiger partial charge is 0.255 e. The van der Waals surface area contributed by atoms with Gasteiger partial charge in [-0.05, 0) is 54.6 Å². The van der Waals surface area contributed by atoms with Gasteiger partial charge in [0.25, 0.3) is 5.91 Å². The Morgan fingerprint density at radius 3 is 2.59 bits per heavy atom. The van der Waals surface area contributed by atoms with Crippen molar-refractivity contribution in [2.24, 2.45) is 0 Å². The molecule has 0 spiro atoms. The van der Waals surface area contributed by atoms with Crippen LogP contribution in [0.15, 0.2) is 65.1 Å². The molecule has 1 heterocycles. The Morgan fingerprint density at radius 2 is 1.83 bits per heavy atom. The fourth-order valence-electron chi connectivity index (χ4n) is 2.89. The molecular weight excluding hydrogens is 409 g/mol. The molecular formula is C22H17Cl2N3O2. The molecule has 0 aliphatic rings. The molecule has 0 saturated carbocycles. The number of halogens is 2. The summed E-state index contributed by atoms with van der Waals surface area (Å²) >= 11 is 11.9. The predicted octanol–water partition coefficient (Wildman–Crippen LogP) is 6.12. The van der Waals surface area contributed by atoms with Gasteiger partial charge in [-0.3, -0.25) is 4.79 Å². The number of nitrogens with one attached hydrogen (secondary N) is 1. The third-order valence-electron chi connectivity index (χ3n) is 4.44. The minimum absolute atomic E-state index is 0.287. The largest absolute Gasteiger partial charge is 0.436 e. The number of benzene rings is 3. The zero-order valence-corrected chi connectivity index (χ0v) is 17.3. The zero-order valence-electron chi connectivity index (χ0n) is 15.7. The van der Waals surface area contributed by atoms with Crippen LogP contribution in [-0.4, -0.2) is 25.0 Å². The number of nitrogens with zero attached hydrogens (tertiary/aromatic N) is 2. The molecule has 0 aliphatic heterocycles. The predicted molar refractivity (Wildman–Crippen MR) is 118 cm³/mol. The first-order valence-corrected chi connectivity index (χ1v) is 9.61. The summed E-state index contributed by atoms with van der Waals surface area (Å²) in [5, 5.41) is 3.57. The van der Waals surface area contributed by atoms with Crippen LogP contribution in [0, 0.1) is 0 Å². The number of carbonyl (C=O) groups is 1. The molecule has 4 aromatic rings. The number of aromatic nitrogens is 1. The lowest BCUT2D eigenvalue weighted by Crippen LogP contribution is -2.11. The fourth-order valence-corrected chi connectivity index (χ4v) is 3.18. The SMILES string of the molecule is CN(C)c1cccc(-c2nc3cc(NC(=O)c4ccc(Cl)c(Cl)c4)ccc3o2)c1. The van der Waals surface area contributed by atoms with E-state index in [2.05, 4.69) is 10.3 Å². The molecule has 0 radical (unpaired) electrons. The van der Waals surface area contributed by atoms with Crippen LogP contribution in [0.25, 0.3) is 22.6 Å². The average molecular weight is 426 g/mol.